The summed E-state index contributed by atoms with van der Waals surface area (Å²) < 4.78 is 15.9. The van der Waals surface area contributed by atoms with Crippen LogP contribution in [-0.2, 0) is 9.09 Å². The second-order valence-electron chi connectivity index (χ2n) is 6.39. The number of benzene rings is 2. The SMILES string of the molecule is CC(C)C(=Cc1cc(O)c2c(c1)C(=O)c1cccc(O)c1C2=O)O[PH](=O)O. The van der Waals surface area contributed by atoms with Gasteiger partial charge < -0.3 is 19.6 Å². The maximum absolute atomic E-state index is 12.8. The summed E-state index contributed by atoms with van der Waals surface area (Å²) in [5.74, 6) is -1.93. The van der Waals surface area contributed by atoms with Crippen LogP contribution in [0, 0.1) is 5.92 Å². The smallest absolute Gasteiger partial charge is 0.364 e. The molecule has 0 amide bonds. The van der Waals surface area contributed by atoms with Crippen LogP contribution in [0.2, 0.25) is 0 Å². The Labute approximate surface area is 155 Å². The summed E-state index contributed by atoms with van der Waals surface area (Å²) in [4.78, 5) is 34.5. The predicted molar refractivity (Wildman–Crippen MR) is 98.2 cm³/mol. The van der Waals surface area contributed by atoms with E-state index in [4.69, 9.17) is 9.42 Å². The van der Waals surface area contributed by atoms with Crippen molar-refractivity contribution in [3.05, 3.63) is 63.9 Å². The monoisotopic (exact) mass is 388 g/mol. The van der Waals surface area contributed by atoms with E-state index in [1.54, 1.807) is 13.8 Å². The largest absolute Gasteiger partial charge is 0.507 e. The lowest BCUT2D eigenvalue weighted by molar-refractivity contribution is 0.0974. The molecule has 0 radical (unpaired) electrons. The molecular weight excluding hydrogens is 371 g/mol. The van der Waals surface area contributed by atoms with Crippen LogP contribution in [0.4, 0.5) is 0 Å². The minimum absolute atomic E-state index is 0.0101. The van der Waals surface area contributed by atoms with Crippen molar-refractivity contribution in [1.29, 1.82) is 0 Å². The molecule has 3 rings (SSSR count). The van der Waals surface area contributed by atoms with Gasteiger partial charge in [-0.15, -0.1) is 0 Å². The van der Waals surface area contributed by atoms with Gasteiger partial charge in [-0.3, -0.25) is 9.59 Å². The highest BCUT2D eigenvalue weighted by Gasteiger charge is 2.34. The van der Waals surface area contributed by atoms with Crippen molar-refractivity contribution in [2.45, 2.75) is 13.8 Å². The normalized spacial score (nSPS) is 14.7. The van der Waals surface area contributed by atoms with Crippen molar-refractivity contribution in [3.8, 4) is 11.5 Å². The topological polar surface area (TPSA) is 121 Å². The highest BCUT2D eigenvalue weighted by Crippen LogP contribution is 2.38. The lowest BCUT2D eigenvalue weighted by Crippen LogP contribution is -2.21. The van der Waals surface area contributed by atoms with Gasteiger partial charge in [0.15, 0.2) is 5.78 Å². The molecule has 0 fully saturated rings. The van der Waals surface area contributed by atoms with Crippen molar-refractivity contribution in [3.63, 3.8) is 0 Å². The Morgan fingerprint density at radius 3 is 2.33 bits per heavy atom. The minimum atomic E-state index is -3.22. The molecule has 0 spiro atoms. The zero-order valence-corrected chi connectivity index (χ0v) is 15.5. The fraction of sp³-hybridized carbons (Fsp3) is 0.158. The van der Waals surface area contributed by atoms with E-state index in [1.165, 1.54) is 36.4 Å². The molecule has 3 N–H and O–H groups in total. The molecule has 140 valence electrons. The van der Waals surface area contributed by atoms with Crippen LogP contribution in [0.15, 0.2) is 36.1 Å². The summed E-state index contributed by atoms with van der Waals surface area (Å²) in [6.45, 7) is 3.51. The van der Waals surface area contributed by atoms with E-state index in [9.17, 15) is 24.4 Å². The first-order chi connectivity index (χ1) is 12.7. The Kier molecular flexibility index (Phi) is 4.91. The predicted octanol–water partition coefficient (Wildman–Crippen LogP) is 3.27. The molecule has 2 aromatic rings. The van der Waals surface area contributed by atoms with Gasteiger partial charge in [0.25, 0.3) is 0 Å². The maximum atomic E-state index is 12.8. The molecule has 2 aromatic carbocycles. The number of allylic oxidation sites excluding steroid dienone is 1. The Balaban J connectivity index is 2.17. The van der Waals surface area contributed by atoms with Crippen LogP contribution in [0.25, 0.3) is 6.08 Å². The lowest BCUT2D eigenvalue weighted by Gasteiger charge is -2.20. The van der Waals surface area contributed by atoms with Crippen LogP contribution in [0.5, 0.6) is 11.5 Å². The van der Waals surface area contributed by atoms with Crippen LogP contribution in [0.1, 0.15) is 51.3 Å². The molecule has 0 saturated carbocycles. The average molecular weight is 388 g/mol. The lowest BCUT2D eigenvalue weighted by atomic mass is 9.82. The third-order valence-electron chi connectivity index (χ3n) is 4.21. The van der Waals surface area contributed by atoms with E-state index < -0.39 is 25.6 Å². The summed E-state index contributed by atoms with van der Waals surface area (Å²) >= 11 is 0. The molecule has 0 heterocycles. The molecule has 0 aromatic heterocycles. The second kappa shape index (κ2) is 7.02. The molecule has 8 heteroatoms. The standard InChI is InChI=1S/C19H17O7P/c1-9(2)15(26-27(24)25)8-10-6-12-17(14(21)7-10)19(23)16-11(18(12)22)4-3-5-13(16)20/h3-9,20-21,27H,1-2H3,(H,24,25). The van der Waals surface area contributed by atoms with Crippen molar-refractivity contribution in [1.82, 2.24) is 0 Å². The van der Waals surface area contributed by atoms with Crippen LogP contribution in [-0.4, -0.2) is 26.7 Å². The molecule has 1 atom stereocenters. The Bertz CT molecular complexity index is 1020. The van der Waals surface area contributed by atoms with Crippen LogP contribution >= 0.6 is 8.25 Å². The van der Waals surface area contributed by atoms with Crippen molar-refractivity contribution in [2.24, 2.45) is 5.92 Å². The molecule has 1 unspecified atom stereocenters. The number of ketones is 2. The highest BCUT2D eigenvalue weighted by atomic mass is 31.1. The van der Waals surface area contributed by atoms with Gasteiger partial charge in [-0.2, -0.15) is 0 Å². The number of hydrogen-bond donors (Lipinski definition) is 3. The first-order valence-corrected chi connectivity index (χ1v) is 9.37. The molecule has 1 aliphatic rings. The van der Waals surface area contributed by atoms with Gasteiger partial charge in [0.1, 0.15) is 17.3 Å². The molecule has 7 nitrogen and oxygen atoms in total. The molecule has 0 saturated heterocycles. The van der Waals surface area contributed by atoms with E-state index in [-0.39, 0.29) is 39.7 Å². The van der Waals surface area contributed by atoms with Gasteiger partial charge in [-0.25, -0.2) is 4.57 Å². The summed E-state index contributed by atoms with van der Waals surface area (Å²) in [6.07, 6.45) is 1.43. The fourth-order valence-electron chi connectivity index (χ4n) is 2.97. The van der Waals surface area contributed by atoms with Gasteiger partial charge in [-0.1, -0.05) is 26.0 Å². The third kappa shape index (κ3) is 3.39. The van der Waals surface area contributed by atoms with Gasteiger partial charge in [0.05, 0.1) is 11.1 Å². The quantitative estimate of drug-likeness (QED) is 0.463. The van der Waals surface area contributed by atoms with E-state index in [1.807, 2.05) is 0 Å². The summed E-state index contributed by atoms with van der Waals surface area (Å²) in [6, 6.07) is 6.85. The maximum Gasteiger partial charge on any atom is 0.364 e. The highest BCUT2D eigenvalue weighted by molar-refractivity contribution is 7.32. The Morgan fingerprint density at radius 1 is 1.04 bits per heavy atom. The van der Waals surface area contributed by atoms with Gasteiger partial charge >= 0.3 is 8.25 Å². The van der Waals surface area contributed by atoms with E-state index in [0.717, 1.165) is 0 Å². The van der Waals surface area contributed by atoms with Gasteiger partial charge in [0.2, 0.25) is 5.78 Å². The number of hydrogen-bond acceptors (Lipinski definition) is 6. The summed E-state index contributed by atoms with van der Waals surface area (Å²) in [7, 11) is -3.22. The fourth-order valence-corrected chi connectivity index (χ4v) is 3.46. The number of fused-ring (bicyclic) bond motifs is 2. The Hall–Kier alpha value is -2.89. The zero-order valence-electron chi connectivity index (χ0n) is 14.5. The third-order valence-corrected chi connectivity index (χ3v) is 4.62. The number of phenols is 2. The molecule has 27 heavy (non-hydrogen) atoms. The van der Waals surface area contributed by atoms with Crippen molar-refractivity contribution >= 4 is 25.9 Å². The van der Waals surface area contributed by atoms with Crippen LogP contribution in [0.3, 0.4) is 0 Å². The van der Waals surface area contributed by atoms with Crippen molar-refractivity contribution < 1.29 is 33.8 Å². The van der Waals surface area contributed by atoms with E-state index in [2.05, 4.69) is 0 Å². The number of carbonyl (C=O) groups excluding carboxylic acids is 2. The average Bonchev–Trinajstić information content (AvgIpc) is 2.58. The van der Waals surface area contributed by atoms with Crippen LogP contribution < -0.4 is 0 Å². The summed E-state index contributed by atoms with van der Waals surface area (Å²) in [5.41, 5.74) is 0.0495. The second-order valence-corrected chi connectivity index (χ2v) is 7.13. The number of rotatable bonds is 4. The zero-order chi connectivity index (χ0) is 19.9. The first-order valence-electron chi connectivity index (χ1n) is 8.11. The Morgan fingerprint density at radius 2 is 1.70 bits per heavy atom. The number of carbonyl (C=O) groups is 2. The molecule has 0 bridgehead atoms. The van der Waals surface area contributed by atoms with Gasteiger partial charge in [0, 0.05) is 17.0 Å². The van der Waals surface area contributed by atoms with E-state index in [0.29, 0.717) is 5.56 Å². The molecular formula is C19H17O7P. The summed E-state index contributed by atoms with van der Waals surface area (Å²) in [5, 5.41) is 20.3. The minimum Gasteiger partial charge on any atom is -0.507 e. The number of phenolic OH excluding ortho intramolecular Hbond substituents is 2. The van der Waals surface area contributed by atoms with Gasteiger partial charge in [-0.05, 0) is 29.8 Å². The van der Waals surface area contributed by atoms with Crippen molar-refractivity contribution in [2.75, 3.05) is 0 Å². The number of aromatic hydroxyl groups is 2. The van der Waals surface area contributed by atoms with E-state index >= 15 is 0 Å². The molecule has 0 aliphatic heterocycles. The molecule has 1 aliphatic carbocycles. The first kappa shape index (κ1) is 18.9.